The summed E-state index contributed by atoms with van der Waals surface area (Å²) in [4.78, 5) is 15.2. The molecular weight excluding hydrogens is 631 g/mol. The Kier molecular flexibility index (Phi) is 7.14. The topological polar surface area (TPSA) is 38.7 Å². The smallest absolute Gasteiger partial charge is 0.164 e. The average molecular weight is 662 g/mol. The Morgan fingerprint density at radius 1 is 0.231 bits per heavy atom. The van der Waals surface area contributed by atoms with Crippen LogP contribution in [0.25, 0.3) is 101 Å². The van der Waals surface area contributed by atoms with Gasteiger partial charge in [0.05, 0.1) is 0 Å². The van der Waals surface area contributed by atoms with Gasteiger partial charge in [0, 0.05) is 16.7 Å². The van der Waals surface area contributed by atoms with Crippen LogP contribution in [0.5, 0.6) is 0 Å². The number of fused-ring (bicyclic) bond motifs is 3. The molecule has 1 heterocycles. The predicted molar refractivity (Wildman–Crippen MR) is 214 cm³/mol. The quantitative estimate of drug-likeness (QED) is 0.178. The molecule has 0 radical (unpaired) electrons. The highest BCUT2D eigenvalue weighted by molar-refractivity contribution is 6.18. The molecule has 8 aromatic carbocycles. The SMILES string of the molecule is c1ccc(-c2cccc(-c3nc(-c4ccccc4)nc(-c4ccccc4-c4ccc(-c5ccc6c7c(cccc57)-c5ccccc5-6)cc4)n3)c2)cc1. The lowest BCUT2D eigenvalue weighted by Gasteiger charge is -2.13. The molecule has 0 unspecified atom stereocenters. The lowest BCUT2D eigenvalue weighted by Crippen LogP contribution is -2.01. The van der Waals surface area contributed by atoms with Crippen LogP contribution in [0, 0.1) is 0 Å². The second-order valence-corrected chi connectivity index (χ2v) is 13.2. The molecule has 3 nitrogen and oxygen atoms in total. The van der Waals surface area contributed by atoms with E-state index in [9.17, 15) is 0 Å². The first-order valence-corrected chi connectivity index (χ1v) is 17.6. The summed E-state index contributed by atoms with van der Waals surface area (Å²) in [7, 11) is 0. The van der Waals surface area contributed by atoms with Crippen molar-refractivity contribution in [1.29, 1.82) is 0 Å². The van der Waals surface area contributed by atoms with Crippen LogP contribution in [0.4, 0.5) is 0 Å². The van der Waals surface area contributed by atoms with Gasteiger partial charge in [0.25, 0.3) is 0 Å². The molecule has 3 heteroatoms. The lowest BCUT2D eigenvalue weighted by molar-refractivity contribution is 1.07. The van der Waals surface area contributed by atoms with E-state index in [1.807, 2.05) is 36.4 Å². The highest BCUT2D eigenvalue weighted by atomic mass is 15.0. The first-order valence-electron chi connectivity index (χ1n) is 17.6. The van der Waals surface area contributed by atoms with Crippen LogP contribution in [0.2, 0.25) is 0 Å². The molecule has 0 N–H and O–H groups in total. The largest absolute Gasteiger partial charge is 0.208 e. The number of aromatic nitrogens is 3. The first kappa shape index (κ1) is 29.9. The minimum atomic E-state index is 0.640. The summed E-state index contributed by atoms with van der Waals surface area (Å²) in [5.74, 6) is 1.92. The summed E-state index contributed by atoms with van der Waals surface area (Å²) >= 11 is 0. The van der Waals surface area contributed by atoms with E-state index < -0.39 is 0 Å². The third kappa shape index (κ3) is 5.10. The van der Waals surface area contributed by atoms with Gasteiger partial charge in [-0.2, -0.15) is 0 Å². The second kappa shape index (κ2) is 12.4. The van der Waals surface area contributed by atoms with E-state index in [0.29, 0.717) is 17.5 Å². The van der Waals surface area contributed by atoms with Gasteiger partial charge in [-0.1, -0.05) is 182 Å². The van der Waals surface area contributed by atoms with Crippen LogP contribution in [-0.2, 0) is 0 Å². The zero-order valence-corrected chi connectivity index (χ0v) is 28.2. The number of hydrogen-bond donors (Lipinski definition) is 0. The van der Waals surface area contributed by atoms with E-state index in [1.54, 1.807) is 0 Å². The van der Waals surface area contributed by atoms with Gasteiger partial charge in [-0.3, -0.25) is 0 Å². The maximum Gasteiger partial charge on any atom is 0.164 e. The van der Waals surface area contributed by atoms with Gasteiger partial charge in [-0.05, 0) is 72.5 Å². The van der Waals surface area contributed by atoms with Gasteiger partial charge in [-0.25, -0.2) is 15.0 Å². The highest BCUT2D eigenvalue weighted by Gasteiger charge is 2.22. The number of hydrogen-bond acceptors (Lipinski definition) is 3. The van der Waals surface area contributed by atoms with E-state index in [4.69, 9.17) is 15.0 Å². The molecule has 1 aliphatic rings. The van der Waals surface area contributed by atoms with Crippen molar-refractivity contribution < 1.29 is 0 Å². The van der Waals surface area contributed by atoms with Crippen molar-refractivity contribution in [1.82, 2.24) is 15.0 Å². The minimum Gasteiger partial charge on any atom is -0.208 e. The maximum absolute atomic E-state index is 5.14. The molecule has 0 amide bonds. The van der Waals surface area contributed by atoms with Crippen molar-refractivity contribution in [3.63, 3.8) is 0 Å². The van der Waals surface area contributed by atoms with Gasteiger partial charge in [-0.15, -0.1) is 0 Å². The molecule has 52 heavy (non-hydrogen) atoms. The third-order valence-electron chi connectivity index (χ3n) is 10.1. The van der Waals surface area contributed by atoms with Crippen LogP contribution in [0.3, 0.4) is 0 Å². The summed E-state index contributed by atoms with van der Waals surface area (Å²) < 4.78 is 0. The Morgan fingerprint density at radius 3 is 1.40 bits per heavy atom. The number of nitrogens with zero attached hydrogens (tertiary/aromatic N) is 3. The molecule has 0 spiro atoms. The van der Waals surface area contributed by atoms with Gasteiger partial charge in [0.15, 0.2) is 17.5 Å². The Labute approximate surface area is 302 Å². The summed E-state index contributed by atoms with van der Waals surface area (Å²) in [5, 5.41) is 2.62. The molecule has 0 atom stereocenters. The van der Waals surface area contributed by atoms with Crippen molar-refractivity contribution in [2.45, 2.75) is 0 Å². The zero-order chi connectivity index (χ0) is 34.4. The monoisotopic (exact) mass is 661 g/mol. The first-order chi connectivity index (χ1) is 25.8. The van der Waals surface area contributed by atoms with Crippen molar-refractivity contribution in [3.8, 4) is 89.8 Å². The fourth-order valence-electron chi connectivity index (χ4n) is 7.63. The third-order valence-corrected chi connectivity index (χ3v) is 10.1. The molecule has 1 aromatic heterocycles. The molecule has 0 fully saturated rings. The van der Waals surface area contributed by atoms with Crippen LogP contribution in [0.1, 0.15) is 0 Å². The summed E-state index contributed by atoms with van der Waals surface area (Å²) in [5.41, 5.74) is 15.0. The molecule has 1 aliphatic carbocycles. The zero-order valence-electron chi connectivity index (χ0n) is 28.2. The Morgan fingerprint density at radius 2 is 0.692 bits per heavy atom. The van der Waals surface area contributed by atoms with Crippen LogP contribution < -0.4 is 0 Å². The van der Waals surface area contributed by atoms with E-state index >= 15 is 0 Å². The van der Waals surface area contributed by atoms with Gasteiger partial charge in [0.2, 0.25) is 0 Å². The maximum atomic E-state index is 5.14. The molecule has 0 saturated carbocycles. The van der Waals surface area contributed by atoms with Gasteiger partial charge < -0.3 is 0 Å². The normalized spacial score (nSPS) is 11.5. The van der Waals surface area contributed by atoms with Crippen molar-refractivity contribution in [2.24, 2.45) is 0 Å². The predicted octanol–water partition coefficient (Wildman–Crippen LogP) is 12.7. The Balaban J connectivity index is 1.07. The van der Waals surface area contributed by atoms with Gasteiger partial charge >= 0.3 is 0 Å². The average Bonchev–Trinajstić information content (AvgIpc) is 3.56. The van der Waals surface area contributed by atoms with E-state index in [0.717, 1.165) is 38.9 Å². The summed E-state index contributed by atoms with van der Waals surface area (Å²) in [6, 6.07) is 66.3. The van der Waals surface area contributed by atoms with E-state index in [-0.39, 0.29) is 0 Å². The van der Waals surface area contributed by atoms with E-state index in [1.165, 1.54) is 44.2 Å². The lowest BCUT2D eigenvalue weighted by atomic mass is 9.92. The van der Waals surface area contributed by atoms with Crippen molar-refractivity contribution in [3.05, 3.63) is 188 Å². The molecule has 0 aliphatic heterocycles. The summed E-state index contributed by atoms with van der Waals surface area (Å²) in [6.45, 7) is 0. The Bertz CT molecular complexity index is 2740. The van der Waals surface area contributed by atoms with Crippen molar-refractivity contribution >= 4 is 10.8 Å². The fourth-order valence-corrected chi connectivity index (χ4v) is 7.63. The van der Waals surface area contributed by atoms with Crippen molar-refractivity contribution in [2.75, 3.05) is 0 Å². The molecule has 9 aromatic rings. The van der Waals surface area contributed by atoms with E-state index in [2.05, 4.69) is 152 Å². The molecule has 0 saturated heterocycles. The van der Waals surface area contributed by atoms with Crippen LogP contribution in [0.15, 0.2) is 188 Å². The Hall–Kier alpha value is -6.97. The molecule has 10 rings (SSSR count). The molecule has 242 valence electrons. The van der Waals surface area contributed by atoms with Gasteiger partial charge in [0.1, 0.15) is 0 Å². The fraction of sp³-hybridized carbons (Fsp3) is 0. The van der Waals surface area contributed by atoms with Crippen LogP contribution >= 0.6 is 0 Å². The number of benzene rings is 8. The second-order valence-electron chi connectivity index (χ2n) is 13.2. The molecule has 0 bridgehead atoms. The van der Waals surface area contributed by atoms with Crippen LogP contribution in [-0.4, -0.2) is 15.0 Å². The standard InChI is InChI=1S/C49H31N3/c1-3-13-32(14-4-1)36-17-11-18-37(31-36)48-50-47(35-15-5-2-6-16-35)51-49(52-48)45-22-10-7-19-38(45)33-25-27-34(28-26-33)39-29-30-44-41-21-9-8-20-40(41)43-24-12-23-42(39)46(43)44/h1-31H. The minimum absolute atomic E-state index is 0.640. The molecular formula is C49H31N3. The summed E-state index contributed by atoms with van der Waals surface area (Å²) in [6.07, 6.45) is 0. The highest BCUT2D eigenvalue weighted by Crippen LogP contribution is 2.49. The number of rotatable bonds is 6.